The summed E-state index contributed by atoms with van der Waals surface area (Å²) >= 11 is 0. The first-order chi connectivity index (χ1) is 14.5. The Bertz CT molecular complexity index is 986. The summed E-state index contributed by atoms with van der Waals surface area (Å²) < 4.78 is 19.2. The quantitative estimate of drug-likeness (QED) is 0.725. The van der Waals surface area contributed by atoms with E-state index in [0.717, 1.165) is 12.0 Å². The lowest BCUT2D eigenvalue weighted by molar-refractivity contribution is 0.0140. The zero-order chi connectivity index (χ0) is 22.8. The van der Waals surface area contributed by atoms with E-state index in [9.17, 15) is 24.2 Å². The zero-order valence-electron chi connectivity index (χ0n) is 17.9. The van der Waals surface area contributed by atoms with Crippen LogP contribution < -0.4 is 0 Å². The van der Waals surface area contributed by atoms with Crippen LogP contribution in [0.4, 0.5) is 9.18 Å². The van der Waals surface area contributed by atoms with Crippen LogP contribution in [0.25, 0.3) is 0 Å². The van der Waals surface area contributed by atoms with Gasteiger partial charge in [0.2, 0.25) is 0 Å². The molecule has 166 valence electrons. The Balaban J connectivity index is 1.92. The monoisotopic (exact) mass is 430 g/mol. The molecule has 2 N–H and O–H groups in total. The fraction of sp³-hybridized carbons (Fsp3) is 0.435. The van der Waals surface area contributed by atoms with Crippen molar-refractivity contribution in [2.24, 2.45) is 0 Å². The van der Waals surface area contributed by atoms with Gasteiger partial charge in [-0.2, -0.15) is 0 Å². The van der Waals surface area contributed by atoms with Crippen LogP contribution in [0.15, 0.2) is 30.3 Å². The van der Waals surface area contributed by atoms with Gasteiger partial charge in [-0.15, -0.1) is 0 Å². The van der Waals surface area contributed by atoms with Crippen LogP contribution in [0, 0.1) is 5.82 Å². The number of phenolic OH excluding ortho intramolecular Hbond substituents is 1. The number of rotatable bonds is 5. The van der Waals surface area contributed by atoms with Gasteiger partial charge in [0, 0.05) is 12.2 Å². The van der Waals surface area contributed by atoms with Gasteiger partial charge >= 0.3 is 12.1 Å². The SMILES string of the molecule is CC(C)(C)OC(=O)N(CCc1cc(F)ccc1O)C1CCCc2nc(C(=O)O)ccc21. The summed E-state index contributed by atoms with van der Waals surface area (Å²) in [5.74, 6) is -1.61. The number of carboxylic acids is 1. The Morgan fingerprint density at radius 3 is 2.68 bits per heavy atom. The van der Waals surface area contributed by atoms with Gasteiger partial charge in [-0.1, -0.05) is 6.07 Å². The van der Waals surface area contributed by atoms with Gasteiger partial charge in [0.05, 0.1) is 6.04 Å². The normalized spacial score (nSPS) is 15.8. The Morgan fingerprint density at radius 1 is 1.26 bits per heavy atom. The minimum Gasteiger partial charge on any atom is -0.508 e. The number of carbonyl (C=O) groups is 2. The van der Waals surface area contributed by atoms with E-state index in [1.54, 1.807) is 31.7 Å². The Morgan fingerprint density at radius 2 is 2.00 bits per heavy atom. The van der Waals surface area contributed by atoms with E-state index in [0.29, 0.717) is 24.1 Å². The summed E-state index contributed by atoms with van der Waals surface area (Å²) in [6, 6.07) is 6.49. The predicted molar refractivity (Wildman–Crippen MR) is 112 cm³/mol. The zero-order valence-corrected chi connectivity index (χ0v) is 17.9. The number of fused-ring (bicyclic) bond motifs is 1. The summed E-state index contributed by atoms with van der Waals surface area (Å²) in [4.78, 5) is 30.2. The van der Waals surface area contributed by atoms with Crippen molar-refractivity contribution in [3.05, 3.63) is 58.7 Å². The number of phenols is 1. The molecule has 0 radical (unpaired) electrons. The van der Waals surface area contributed by atoms with Crippen molar-refractivity contribution in [2.75, 3.05) is 6.54 Å². The topological polar surface area (TPSA) is 100.0 Å². The van der Waals surface area contributed by atoms with Gasteiger partial charge in [0.1, 0.15) is 22.9 Å². The van der Waals surface area contributed by atoms with Crippen LogP contribution in [-0.4, -0.2) is 44.3 Å². The van der Waals surface area contributed by atoms with Crippen LogP contribution in [0.1, 0.15) is 67.0 Å². The maximum Gasteiger partial charge on any atom is 0.410 e. The number of halogens is 1. The van der Waals surface area contributed by atoms with Crippen molar-refractivity contribution in [1.29, 1.82) is 0 Å². The number of nitrogens with zero attached hydrogens (tertiary/aromatic N) is 2. The number of ether oxygens (including phenoxy) is 1. The third-order valence-corrected chi connectivity index (χ3v) is 5.15. The summed E-state index contributed by atoms with van der Waals surface area (Å²) in [6.45, 7) is 5.52. The number of carbonyl (C=O) groups excluding carboxylic acids is 1. The van der Waals surface area contributed by atoms with E-state index in [4.69, 9.17) is 4.74 Å². The number of aromatic carboxylic acids is 1. The Hall–Kier alpha value is -3.16. The van der Waals surface area contributed by atoms with Crippen LogP contribution in [0.3, 0.4) is 0 Å². The Kier molecular flexibility index (Phi) is 6.48. The third-order valence-electron chi connectivity index (χ3n) is 5.15. The second-order valence-corrected chi connectivity index (χ2v) is 8.64. The molecule has 31 heavy (non-hydrogen) atoms. The van der Waals surface area contributed by atoms with Crippen LogP contribution in [0.2, 0.25) is 0 Å². The van der Waals surface area contributed by atoms with E-state index >= 15 is 0 Å². The second-order valence-electron chi connectivity index (χ2n) is 8.64. The Labute approximate surface area is 180 Å². The molecule has 0 saturated heterocycles. The van der Waals surface area contributed by atoms with Gasteiger partial charge < -0.3 is 19.8 Å². The lowest BCUT2D eigenvalue weighted by Crippen LogP contribution is -2.41. The van der Waals surface area contributed by atoms with Crippen molar-refractivity contribution < 1.29 is 28.9 Å². The molecule has 1 atom stereocenters. The minimum atomic E-state index is -1.10. The average molecular weight is 430 g/mol. The lowest BCUT2D eigenvalue weighted by atomic mass is 9.89. The molecule has 1 aromatic heterocycles. The van der Waals surface area contributed by atoms with E-state index in [1.165, 1.54) is 24.3 Å². The van der Waals surface area contributed by atoms with E-state index < -0.39 is 23.5 Å². The smallest absolute Gasteiger partial charge is 0.410 e. The number of benzene rings is 1. The van der Waals surface area contributed by atoms with Gasteiger partial charge in [0.25, 0.3) is 0 Å². The molecule has 7 nitrogen and oxygen atoms in total. The molecule has 1 aliphatic rings. The van der Waals surface area contributed by atoms with Crippen molar-refractivity contribution in [3.8, 4) is 5.75 Å². The highest BCUT2D eigenvalue weighted by atomic mass is 19.1. The number of hydrogen-bond acceptors (Lipinski definition) is 5. The van der Waals surface area contributed by atoms with Crippen molar-refractivity contribution in [2.45, 2.75) is 58.1 Å². The van der Waals surface area contributed by atoms with Gasteiger partial charge in [-0.25, -0.2) is 19.0 Å². The second kappa shape index (κ2) is 8.91. The fourth-order valence-corrected chi connectivity index (χ4v) is 3.77. The highest BCUT2D eigenvalue weighted by Crippen LogP contribution is 2.35. The van der Waals surface area contributed by atoms with Crippen LogP contribution in [0.5, 0.6) is 5.75 Å². The highest BCUT2D eigenvalue weighted by Gasteiger charge is 2.33. The standard InChI is InChI=1S/C23H27FN2O5/c1-23(2,3)31-22(30)26(12-11-14-13-15(24)7-10-20(14)27)19-6-4-5-17-16(19)8-9-18(25-17)21(28)29/h7-10,13,19,27H,4-6,11-12H2,1-3H3,(H,28,29). The molecule has 0 bridgehead atoms. The molecular weight excluding hydrogens is 403 g/mol. The highest BCUT2D eigenvalue weighted by molar-refractivity contribution is 5.85. The summed E-state index contributed by atoms with van der Waals surface area (Å²) in [6.07, 6.45) is 1.73. The van der Waals surface area contributed by atoms with E-state index in [-0.39, 0.29) is 30.5 Å². The minimum absolute atomic E-state index is 0.0344. The molecule has 0 fully saturated rings. The molecule has 2 aromatic rings. The first kappa shape index (κ1) is 22.5. The maximum absolute atomic E-state index is 13.6. The predicted octanol–water partition coefficient (Wildman–Crippen LogP) is 4.48. The van der Waals surface area contributed by atoms with Gasteiger partial charge in [0.15, 0.2) is 0 Å². The number of pyridine rings is 1. The number of aromatic hydroxyl groups is 1. The van der Waals surface area contributed by atoms with Gasteiger partial charge in [-0.05, 0) is 81.8 Å². The van der Waals surface area contributed by atoms with Crippen molar-refractivity contribution in [3.63, 3.8) is 0 Å². The van der Waals surface area contributed by atoms with Crippen molar-refractivity contribution in [1.82, 2.24) is 9.88 Å². The molecule has 1 heterocycles. The van der Waals surface area contributed by atoms with Gasteiger partial charge in [-0.3, -0.25) is 0 Å². The van der Waals surface area contributed by atoms with E-state index in [1.807, 2.05) is 0 Å². The largest absolute Gasteiger partial charge is 0.508 e. The molecule has 1 aromatic carbocycles. The first-order valence-corrected chi connectivity index (χ1v) is 10.3. The van der Waals surface area contributed by atoms with E-state index in [2.05, 4.69) is 4.98 Å². The number of amides is 1. The summed E-state index contributed by atoms with van der Waals surface area (Å²) in [5.41, 5.74) is 1.08. The number of aromatic nitrogens is 1. The average Bonchev–Trinajstić information content (AvgIpc) is 2.69. The van der Waals surface area contributed by atoms with Crippen molar-refractivity contribution >= 4 is 12.1 Å². The molecule has 0 saturated carbocycles. The lowest BCUT2D eigenvalue weighted by Gasteiger charge is -2.36. The summed E-state index contributed by atoms with van der Waals surface area (Å²) in [5, 5.41) is 19.3. The summed E-state index contributed by atoms with van der Waals surface area (Å²) in [7, 11) is 0. The number of carboxylic acid groups (broad SMARTS) is 1. The third kappa shape index (κ3) is 5.51. The molecular formula is C23H27FN2O5. The molecule has 1 unspecified atom stereocenters. The number of hydrogen-bond donors (Lipinski definition) is 2. The maximum atomic E-state index is 13.6. The molecule has 0 spiro atoms. The fourth-order valence-electron chi connectivity index (χ4n) is 3.77. The molecule has 1 aliphatic carbocycles. The van der Waals surface area contributed by atoms with Crippen LogP contribution in [-0.2, 0) is 17.6 Å². The molecule has 8 heteroatoms. The van der Waals surface area contributed by atoms with Crippen LogP contribution >= 0.6 is 0 Å². The molecule has 0 aliphatic heterocycles. The molecule has 3 rings (SSSR count). The molecule has 1 amide bonds. The number of aryl methyl sites for hydroxylation is 1. The first-order valence-electron chi connectivity index (χ1n) is 10.3.